The van der Waals surface area contributed by atoms with Crippen LogP contribution in [-0.4, -0.2) is 35.1 Å². The number of carbonyl (C=O) groups is 1. The van der Waals surface area contributed by atoms with Gasteiger partial charge in [-0.3, -0.25) is 9.69 Å². The summed E-state index contributed by atoms with van der Waals surface area (Å²) in [5, 5.41) is 9.26. The SMILES string of the molecule is CC1(C(=O)O)CCCC1N1CC=CC1. The van der Waals surface area contributed by atoms with Gasteiger partial charge in [0.25, 0.3) is 0 Å². The van der Waals surface area contributed by atoms with E-state index in [9.17, 15) is 9.90 Å². The molecular weight excluding hydrogens is 178 g/mol. The van der Waals surface area contributed by atoms with Crippen molar-refractivity contribution in [2.45, 2.75) is 32.2 Å². The van der Waals surface area contributed by atoms with E-state index in [1.807, 2.05) is 6.92 Å². The Morgan fingerprint density at radius 2 is 2.14 bits per heavy atom. The molecule has 14 heavy (non-hydrogen) atoms. The zero-order valence-electron chi connectivity index (χ0n) is 8.57. The fourth-order valence-corrected chi connectivity index (χ4v) is 2.73. The van der Waals surface area contributed by atoms with Crippen molar-refractivity contribution in [2.75, 3.05) is 13.1 Å². The standard InChI is InChI=1S/C11H17NO2/c1-11(10(13)14)6-4-5-9(11)12-7-2-3-8-12/h2-3,9H,4-8H2,1H3,(H,13,14). The van der Waals surface area contributed by atoms with E-state index in [-0.39, 0.29) is 6.04 Å². The van der Waals surface area contributed by atoms with Crippen LogP contribution in [0.3, 0.4) is 0 Å². The molecule has 0 aromatic heterocycles. The van der Waals surface area contributed by atoms with Crippen LogP contribution >= 0.6 is 0 Å². The summed E-state index contributed by atoms with van der Waals surface area (Å²) in [6, 6.07) is 0.231. The summed E-state index contributed by atoms with van der Waals surface area (Å²) in [4.78, 5) is 13.5. The molecule has 2 atom stereocenters. The molecule has 0 aromatic rings. The summed E-state index contributed by atoms with van der Waals surface area (Å²) < 4.78 is 0. The van der Waals surface area contributed by atoms with Crippen molar-refractivity contribution < 1.29 is 9.90 Å². The number of aliphatic carboxylic acids is 1. The number of nitrogens with zero attached hydrogens (tertiary/aromatic N) is 1. The Hall–Kier alpha value is -0.830. The molecule has 1 heterocycles. The summed E-state index contributed by atoms with van der Waals surface area (Å²) in [7, 11) is 0. The smallest absolute Gasteiger partial charge is 0.310 e. The Kier molecular flexibility index (Phi) is 2.35. The summed E-state index contributed by atoms with van der Waals surface area (Å²) >= 11 is 0. The normalized spacial score (nSPS) is 37.9. The van der Waals surface area contributed by atoms with Crippen molar-refractivity contribution in [3.05, 3.63) is 12.2 Å². The van der Waals surface area contributed by atoms with Gasteiger partial charge in [0, 0.05) is 19.1 Å². The van der Waals surface area contributed by atoms with Gasteiger partial charge in [0.05, 0.1) is 5.41 Å². The highest BCUT2D eigenvalue weighted by Gasteiger charge is 2.47. The maximum atomic E-state index is 11.2. The second kappa shape index (κ2) is 3.39. The first kappa shape index (κ1) is 9.71. The van der Waals surface area contributed by atoms with E-state index in [4.69, 9.17) is 0 Å². The predicted octanol–water partition coefficient (Wildman–Crippen LogP) is 1.50. The van der Waals surface area contributed by atoms with Crippen LogP contribution in [0.2, 0.25) is 0 Å². The summed E-state index contributed by atoms with van der Waals surface area (Å²) in [5.74, 6) is -0.632. The third-order valence-electron chi connectivity index (χ3n) is 3.68. The Balaban J connectivity index is 2.14. The Morgan fingerprint density at radius 3 is 2.71 bits per heavy atom. The highest BCUT2D eigenvalue weighted by molar-refractivity contribution is 5.75. The summed E-state index contributed by atoms with van der Waals surface area (Å²) in [6.45, 7) is 3.74. The molecule has 78 valence electrons. The lowest BCUT2D eigenvalue weighted by Gasteiger charge is -2.34. The van der Waals surface area contributed by atoms with E-state index in [1.165, 1.54) is 0 Å². The summed E-state index contributed by atoms with van der Waals surface area (Å²) in [6.07, 6.45) is 7.15. The van der Waals surface area contributed by atoms with Crippen LogP contribution in [0.25, 0.3) is 0 Å². The number of carboxylic acids is 1. The van der Waals surface area contributed by atoms with Gasteiger partial charge in [0.1, 0.15) is 0 Å². The van der Waals surface area contributed by atoms with Gasteiger partial charge in [-0.2, -0.15) is 0 Å². The molecule has 0 saturated heterocycles. The molecule has 1 aliphatic heterocycles. The van der Waals surface area contributed by atoms with Gasteiger partial charge in [-0.05, 0) is 19.8 Å². The Labute approximate surface area is 84.4 Å². The average Bonchev–Trinajstić information content (AvgIpc) is 2.72. The molecule has 1 fully saturated rings. The maximum absolute atomic E-state index is 11.2. The van der Waals surface area contributed by atoms with Crippen molar-refractivity contribution in [1.29, 1.82) is 0 Å². The third-order valence-corrected chi connectivity index (χ3v) is 3.68. The minimum absolute atomic E-state index is 0.231. The topological polar surface area (TPSA) is 40.5 Å². The maximum Gasteiger partial charge on any atom is 0.310 e. The van der Waals surface area contributed by atoms with Crippen molar-refractivity contribution in [1.82, 2.24) is 4.90 Å². The van der Waals surface area contributed by atoms with Crippen LogP contribution in [0.5, 0.6) is 0 Å². The zero-order valence-corrected chi connectivity index (χ0v) is 8.57. The van der Waals surface area contributed by atoms with Gasteiger partial charge in [-0.25, -0.2) is 0 Å². The van der Waals surface area contributed by atoms with E-state index in [2.05, 4.69) is 17.1 Å². The van der Waals surface area contributed by atoms with Crippen molar-refractivity contribution >= 4 is 5.97 Å². The molecule has 0 radical (unpaired) electrons. The molecule has 3 heteroatoms. The minimum Gasteiger partial charge on any atom is -0.481 e. The lowest BCUT2D eigenvalue weighted by Crippen LogP contribution is -2.46. The first-order valence-corrected chi connectivity index (χ1v) is 5.27. The van der Waals surface area contributed by atoms with E-state index >= 15 is 0 Å². The predicted molar refractivity (Wildman–Crippen MR) is 54.1 cm³/mol. The zero-order chi connectivity index (χ0) is 10.2. The number of hydrogen-bond acceptors (Lipinski definition) is 2. The largest absolute Gasteiger partial charge is 0.481 e. The molecule has 0 amide bonds. The van der Waals surface area contributed by atoms with E-state index < -0.39 is 11.4 Å². The van der Waals surface area contributed by atoms with E-state index in [0.29, 0.717) is 0 Å². The van der Waals surface area contributed by atoms with Crippen LogP contribution in [0.1, 0.15) is 26.2 Å². The highest BCUT2D eigenvalue weighted by atomic mass is 16.4. The lowest BCUT2D eigenvalue weighted by molar-refractivity contribution is -0.150. The van der Waals surface area contributed by atoms with Gasteiger partial charge < -0.3 is 5.11 Å². The van der Waals surface area contributed by atoms with Crippen LogP contribution in [0, 0.1) is 5.41 Å². The molecule has 2 rings (SSSR count). The van der Waals surface area contributed by atoms with Crippen molar-refractivity contribution in [2.24, 2.45) is 5.41 Å². The fraction of sp³-hybridized carbons (Fsp3) is 0.727. The molecular formula is C11H17NO2. The molecule has 0 aromatic carbocycles. The fourth-order valence-electron chi connectivity index (χ4n) is 2.73. The first-order chi connectivity index (χ1) is 6.64. The quantitative estimate of drug-likeness (QED) is 0.679. The van der Waals surface area contributed by atoms with Gasteiger partial charge in [0.2, 0.25) is 0 Å². The number of rotatable bonds is 2. The van der Waals surface area contributed by atoms with Crippen LogP contribution in [0.15, 0.2) is 12.2 Å². The highest BCUT2D eigenvalue weighted by Crippen LogP contribution is 2.41. The molecule has 0 bridgehead atoms. The van der Waals surface area contributed by atoms with Crippen LogP contribution in [-0.2, 0) is 4.79 Å². The van der Waals surface area contributed by atoms with Gasteiger partial charge in [-0.1, -0.05) is 18.6 Å². The van der Waals surface area contributed by atoms with E-state index in [1.54, 1.807) is 0 Å². The molecule has 2 unspecified atom stereocenters. The van der Waals surface area contributed by atoms with Gasteiger partial charge in [0.15, 0.2) is 0 Å². The van der Waals surface area contributed by atoms with E-state index in [0.717, 1.165) is 32.4 Å². The number of hydrogen-bond donors (Lipinski definition) is 1. The molecule has 0 spiro atoms. The molecule has 3 nitrogen and oxygen atoms in total. The lowest BCUT2D eigenvalue weighted by atomic mass is 9.84. The monoisotopic (exact) mass is 195 g/mol. The third kappa shape index (κ3) is 1.36. The van der Waals surface area contributed by atoms with Gasteiger partial charge >= 0.3 is 5.97 Å². The van der Waals surface area contributed by atoms with Gasteiger partial charge in [-0.15, -0.1) is 0 Å². The second-order valence-corrected chi connectivity index (χ2v) is 4.56. The van der Waals surface area contributed by atoms with Crippen molar-refractivity contribution in [3.8, 4) is 0 Å². The first-order valence-electron chi connectivity index (χ1n) is 5.27. The van der Waals surface area contributed by atoms with Crippen LogP contribution in [0.4, 0.5) is 0 Å². The molecule has 1 aliphatic carbocycles. The minimum atomic E-state index is -0.632. The molecule has 1 saturated carbocycles. The van der Waals surface area contributed by atoms with Crippen molar-refractivity contribution in [3.63, 3.8) is 0 Å². The Bertz CT molecular complexity index is 266. The summed E-state index contributed by atoms with van der Waals surface area (Å²) in [5.41, 5.74) is -0.522. The average molecular weight is 195 g/mol. The number of carboxylic acid groups (broad SMARTS) is 1. The molecule has 1 N–H and O–H groups in total. The second-order valence-electron chi connectivity index (χ2n) is 4.56. The molecule has 2 aliphatic rings. The van der Waals surface area contributed by atoms with Crippen LogP contribution < -0.4 is 0 Å². The Morgan fingerprint density at radius 1 is 1.50 bits per heavy atom.